The van der Waals surface area contributed by atoms with Gasteiger partial charge in [-0.25, -0.2) is 17.9 Å². The smallest absolute Gasteiger partial charge is 0.319 e. The summed E-state index contributed by atoms with van der Waals surface area (Å²) in [5, 5.41) is 14.7. The topological polar surface area (TPSA) is 125 Å². The molecule has 2 aromatic carbocycles. The number of carbonyl (C=O) groups excluding carboxylic acids is 1. The van der Waals surface area contributed by atoms with E-state index >= 15 is 0 Å². The Morgan fingerprint density at radius 3 is 2.45 bits per heavy atom. The zero-order valence-electron chi connectivity index (χ0n) is 18.2. The molecule has 10 heteroatoms. The van der Waals surface area contributed by atoms with Crippen LogP contribution >= 0.6 is 11.3 Å². The number of carboxylic acids is 1. The number of rotatable bonds is 9. The maximum atomic E-state index is 13.0. The first kappa shape index (κ1) is 24.4. The number of benzene rings is 2. The molecule has 2 amide bonds. The number of sulfonamides is 1. The van der Waals surface area contributed by atoms with Gasteiger partial charge in [0.15, 0.2) is 0 Å². The third-order valence-electron chi connectivity index (χ3n) is 4.83. The van der Waals surface area contributed by atoms with Gasteiger partial charge in [0, 0.05) is 17.1 Å². The highest BCUT2D eigenvalue weighted by atomic mass is 32.2. The van der Waals surface area contributed by atoms with E-state index in [2.05, 4.69) is 15.4 Å². The van der Waals surface area contributed by atoms with Gasteiger partial charge in [-0.15, -0.1) is 11.3 Å². The Kier molecular flexibility index (Phi) is 7.85. The molecule has 174 valence electrons. The maximum absolute atomic E-state index is 13.0. The fourth-order valence-electron chi connectivity index (χ4n) is 3.19. The van der Waals surface area contributed by atoms with Crippen LogP contribution in [0.2, 0.25) is 0 Å². The molecule has 33 heavy (non-hydrogen) atoms. The summed E-state index contributed by atoms with van der Waals surface area (Å²) in [6.45, 7) is 4.19. The molecule has 0 saturated carbocycles. The van der Waals surface area contributed by atoms with Crippen LogP contribution in [0.1, 0.15) is 30.5 Å². The summed E-state index contributed by atoms with van der Waals surface area (Å²) in [6, 6.07) is 16.1. The van der Waals surface area contributed by atoms with Crippen molar-refractivity contribution in [1.82, 2.24) is 10.0 Å². The third kappa shape index (κ3) is 6.41. The SMILES string of the molecule is CCNC(=O)Nc1cc(-c2ccc(S(=O)(=O)NC(CC(=O)O)c3ccccc3)s2)ccc1C. The van der Waals surface area contributed by atoms with Gasteiger partial charge in [0.05, 0.1) is 12.5 Å². The zero-order chi connectivity index (χ0) is 24.0. The Hall–Kier alpha value is -3.21. The maximum Gasteiger partial charge on any atom is 0.319 e. The predicted octanol–water partition coefficient (Wildman–Crippen LogP) is 4.36. The molecule has 1 heterocycles. The van der Waals surface area contributed by atoms with Crippen LogP contribution < -0.4 is 15.4 Å². The highest BCUT2D eigenvalue weighted by molar-refractivity contribution is 7.91. The van der Waals surface area contributed by atoms with Crippen LogP contribution in [-0.4, -0.2) is 32.1 Å². The average Bonchev–Trinajstić information content (AvgIpc) is 3.26. The molecule has 8 nitrogen and oxygen atoms in total. The highest BCUT2D eigenvalue weighted by Crippen LogP contribution is 2.34. The average molecular weight is 488 g/mol. The van der Waals surface area contributed by atoms with Crippen LogP contribution in [0.4, 0.5) is 10.5 Å². The fourth-order valence-corrected chi connectivity index (χ4v) is 5.73. The molecule has 3 rings (SSSR count). The van der Waals surface area contributed by atoms with E-state index in [0.717, 1.165) is 22.5 Å². The van der Waals surface area contributed by atoms with Gasteiger partial charge < -0.3 is 15.7 Å². The Morgan fingerprint density at radius 1 is 1.06 bits per heavy atom. The molecule has 0 aliphatic rings. The fraction of sp³-hybridized carbons (Fsp3) is 0.217. The van der Waals surface area contributed by atoms with Crippen LogP contribution in [0.5, 0.6) is 0 Å². The largest absolute Gasteiger partial charge is 0.481 e. The monoisotopic (exact) mass is 487 g/mol. The van der Waals surface area contributed by atoms with Crippen molar-refractivity contribution in [1.29, 1.82) is 0 Å². The Balaban J connectivity index is 1.85. The summed E-state index contributed by atoms with van der Waals surface area (Å²) >= 11 is 1.07. The molecular weight excluding hydrogens is 462 g/mol. The Morgan fingerprint density at radius 2 is 1.79 bits per heavy atom. The van der Waals surface area contributed by atoms with Crippen molar-refractivity contribution < 1.29 is 23.1 Å². The van der Waals surface area contributed by atoms with E-state index in [4.69, 9.17) is 0 Å². The van der Waals surface area contributed by atoms with E-state index in [0.29, 0.717) is 22.7 Å². The standard InChI is InChI=1S/C23H25N3O5S2/c1-3-24-23(29)25-18-13-17(10-9-15(18)2)20-11-12-22(32-20)33(30,31)26-19(14-21(27)28)16-7-5-4-6-8-16/h4-13,19,26H,3,14H2,1-2H3,(H,27,28)(H2,24,25,29). The van der Waals surface area contributed by atoms with E-state index in [1.807, 2.05) is 26.0 Å². The molecular formula is C23H25N3O5S2. The minimum atomic E-state index is -3.96. The van der Waals surface area contributed by atoms with E-state index < -0.39 is 22.0 Å². The first-order chi connectivity index (χ1) is 15.7. The molecule has 4 N–H and O–H groups in total. The van der Waals surface area contributed by atoms with E-state index in [-0.39, 0.29) is 16.7 Å². The molecule has 0 spiro atoms. The Labute approximate surface area is 196 Å². The molecule has 0 saturated heterocycles. The molecule has 1 unspecified atom stereocenters. The number of carbonyl (C=O) groups is 2. The highest BCUT2D eigenvalue weighted by Gasteiger charge is 2.25. The van der Waals surface area contributed by atoms with E-state index in [1.54, 1.807) is 42.5 Å². The number of hydrogen-bond acceptors (Lipinski definition) is 5. The quantitative estimate of drug-likeness (QED) is 0.357. The molecule has 0 aliphatic carbocycles. The van der Waals surface area contributed by atoms with Crippen LogP contribution in [0, 0.1) is 6.92 Å². The Bertz CT molecular complexity index is 1240. The normalized spacial score (nSPS) is 12.2. The summed E-state index contributed by atoms with van der Waals surface area (Å²) in [5.41, 5.74) is 2.82. The lowest BCUT2D eigenvalue weighted by atomic mass is 10.1. The van der Waals surface area contributed by atoms with Gasteiger partial charge in [0.2, 0.25) is 0 Å². The number of amides is 2. The van der Waals surface area contributed by atoms with Crippen molar-refractivity contribution >= 4 is 39.0 Å². The van der Waals surface area contributed by atoms with E-state index in [9.17, 15) is 23.1 Å². The van der Waals surface area contributed by atoms with Crippen molar-refractivity contribution in [2.75, 3.05) is 11.9 Å². The van der Waals surface area contributed by atoms with Crippen LogP contribution in [0.15, 0.2) is 64.9 Å². The van der Waals surface area contributed by atoms with Crippen molar-refractivity contribution in [2.45, 2.75) is 30.5 Å². The van der Waals surface area contributed by atoms with E-state index in [1.165, 1.54) is 6.07 Å². The number of carboxylic acid groups (broad SMARTS) is 1. The number of thiophene rings is 1. The molecule has 1 atom stereocenters. The van der Waals surface area contributed by atoms with Crippen molar-refractivity contribution in [3.63, 3.8) is 0 Å². The second-order valence-electron chi connectivity index (χ2n) is 7.32. The van der Waals surface area contributed by atoms with Gasteiger partial charge >= 0.3 is 12.0 Å². The predicted molar refractivity (Wildman–Crippen MR) is 129 cm³/mol. The second-order valence-corrected chi connectivity index (χ2v) is 10.3. The van der Waals surface area contributed by atoms with Gasteiger partial charge in [0.25, 0.3) is 10.0 Å². The van der Waals surface area contributed by atoms with Crippen molar-refractivity contribution in [3.05, 3.63) is 71.8 Å². The molecule has 0 fully saturated rings. The van der Waals surface area contributed by atoms with Crippen molar-refractivity contribution in [3.8, 4) is 10.4 Å². The number of aliphatic carboxylic acids is 1. The number of nitrogens with one attached hydrogen (secondary N) is 3. The minimum absolute atomic E-state index is 0.0719. The van der Waals surface area contributed by atoms with Gasteiger partial charge in [-0.05, 0) is 48.7 Å². The summed E-state index contributed by atoms with van der Waals surface area (Å²) in [5.74, 6) is -1.11. The molecule has 1 aromatic heterocycles. The summed E-state index contributed by atoms with van der Waals surface area (Å²) in [6.07, 6.45) is -0.381. The summed E-state index contributed by atoms with van der Waals surface area (Å²) in [4.78, 5) is 23.9. The number of hydrogen-bond donors (Lipinski definition) is 4. The van der Waals surface area contributed by atoms with Crippen LogP contribution in [-0.2, 0) is 14.8 Å². The second kappa shape index (κ2) is 10.6. The lowest BCUT2D eigenvalue weighted by Crippen LogP contribution is -2.29. The number of anilines is 1. The van der Waals surface area contributed by atoms with Gasteiger partial charge in [-0.2, -0.15) is 0 Å². The zero-order valence-corrected chi connectivity index (χ0v) is 19.8. The lowest BCUT2D eigenvalue weighted by Gasteiger charge is -2.16. The van der Waals surface area contributed by atoms with Gasteiger partial charge in [-0.3, -0.25) is 4.79 Å². The molecule has 0 aliphatic heterocycles. The van der Waals surface area contributed by atoms with Crippen LogP contribution in [0.25, 0.3) is 10.4 Å². The number of urea groups is 1. The van der Waals surface area contributed by atoms with Gasteiger partial charge in [-0.1, -0.05) is 42.5 Å². The molecule has 0 radical (unpaired) electrons. The van der Waals surface area contributed by atoms with Crippen molar-refractivity contribution in [2.24, 2.45) is 0 Å². The third-order valence-corrected chi connectivity index (χ3v) is 7.93. The first-order valence-corrected chi connectivity index (χ1v) is 12.5. The van der Waals surface area contributed by atoms with Gasteiger partial charge in [0.1, 0.15) is 4.21 Å². The minimum Gasteiger partial charge on any atom is -0.481 e. The van der Waals surface area contributed by atoms with Crippen LogP contribution in [0.3, 0.4) is 0 Å². The summed E-state index contributed by atoms with van der Waals surface area (Å²) < 4.78 is 28.6. The molecule has 0 bridgehead atoms. The number of aryl methyl sites for hydroxylation is 1. The summed E-state index contributed by atoms with van der Waals surface area (Å²) in [7, 11) is -3.96. The first-order valence-electron chi connectivity index (χ1n) is 10.2. The lowest BCUT2D eigenvalue weighted by molar-refractivity contribution is -0.137. The molecule has 3 aromatic rings.